The quantitative estimate of drug-likeness (QED) is 0.407. The smallest absolute Gasteiger partial charge is 0.254 e. The molecule has 170 valence electrons. The molecule has 0 aromatic heterocycles. The Labute approximate surface area is 189 Å². The van der Waals surface area contributed by atoms with E-state index in [0.717, 1.165) is 55.8 Å². The normalized spacial score (nSPS) is 12.1. The van der Waals surface area contributed by atoms with Gasteiger partial charge in [-0.15, -0.1) is 0 Å². The Bertz CT molecular complexity index is 767. The zero-order chi connectivity index (χ0) is 22.6. The number of rotatable bonds is 13. The van der Waals surface area contributed by atoms with Crippen LogP contribution >= 0.6 is 0 Å². The summed E-state index contributed by atoms with van der Waals surface area (Å²) < 4.78 is 5.56. The van der Waals surface area contributed by atoms with Gasteiger partial charge in [-0.3, -0.25) is 4.79 Å². The molecule has 0 bridgehead atoms. The fraction of sp³-hybridized carbons (Fsp3) is 0.519. The highest BCUT2D eigenvalue weighted by Crippen LogP contribution is 2.19. The summed E-state index contributed by atoms with van der Waals surface area (Å²) in [5, 5.41) is 0. The third-order valence-corrected chi connectivity index (χ3v) is 5.98. The van der Waals surface area contributed by atoms with Crippen molar-refractivity contribution in [1.29, 1.82) is 0 Å². The average molecular weight is 425 g/mol. The summed E-state index contributed by atoms with van der Waals surface area (Å²) >= 11 is 0. The first-order chi connectivity index (χ1) is 15.0. The van der Waals surface area contributed by atoms with Crippen molar-refractivity contribution < 1.29 is 9.53 Å². The fourth-order valence-corrected chi connectivity index (χ4v) is 3.84. The molecule has 0 heterocycles. The second kappa shape index (κ2) is 13.2. The molecule has 1 atom stereocenters. The van der Waals surface area contributed by atoms with E-state index in [0.29, 0.717) is 13.2 Å². The first kappa shape index (κ1) is 24.9. The summed E-state index contributed by atoms with van der Waals surface area (Å²) in [4.78, 5) is 17.9. The van der Waals surface area contributed by atoms with Gasteiger partial charge < -0.3 is 14.5 Å². The van der Waals surface area contributed by atoms with Crippen LogP contribution in [-0.2, 0) is 13.0 Å². The number of aryl methyl sites for hydroxylation is 1. The Hall–Kier alpha value is -2.33. The Morgan fingerprint density at radius 1 is 0.903 bits per heavy atom. The molecule has 2 rings (SSSR count). The second-order valence-corrected chi connectivity index (χ2v) is 8.08. The third-order valence-electron chi connectivity index (χ3n) is 5.98. The van der Waals surface area contributed by atoms with E-state index in [4.69, 9.17) is 4.74 Å². The lowest BCUT2D eigenvalue weighted by molar-refractivity contribution is 0.0662. The SMILES string of the molecule is CCOc1ccc(CN(C(=O)c2ccc(CC)cc2)[C@@H](C)CCCN(CC)CC)cc1. The number of hydrogen-bond donors (Lipinski definition) is 0. The average Bonchev–Trinajstić information content (AvgIpc) is 2.81. The molecule has 2 aromatic carbocycles. The van der Waals surface area contributed by atoms with E-state index in [1.165, 1.54) is 5.56 Å². The van der Waals surface area contributed by atoms with E-state index >= 15 is 0 Å². The van der Waals surface area contributed by atoms with Crippen LogP contribution in [0.15, 0.2) is 48.5 Å². The van der Waals surface area contributed by atoms with Crippen LogP contribution in [0.4, 0.5) is 0 Å². The molecule has 2 aromatic rings. The van der Waals surface area contributed by atoms with Crippen molar-refractivity contribution in [1.82, 2.24) is 9.80 Å². The summed E-state index contributed by atoms with van der Waals surface area (Å²) in [5.74, 6) is 0.971. The summed E-state index contributed by atoms with van der Waals surface area (Å²) in [6.07, 6.45) is 3.06. The maximum absolute atomic E-state index is 13.5. The van der Waals surface area contributed by atoms with Crippen molar-refractivity contribution in [2.45, 2.75) is 66.5 Å². The Morgan fingerprint density at radius 3 is 2.06 bits per heavy atom. The Morgan fingerprint density at radius 2 is 1.52 bits per heavy atom. The number of carbonyl (C=O) groups excluding carboxylic acids is 1. The van der Waals surface area contributed by atoms with E-state index in [-0.39, 0.29) is 11.9 Å². The molecule has 0 unspecified atom stereocenters. The van der Waals surface area contributed by atoms with Crippen LogP contribution in [-0.4, -0.2) is 48.0 Å². The molecule has 0 aliphatic carbocycles. The largest absolute Gasteiger partial charge is 0.494 e. The maximum atomic E-state index is 13.5. The van der Waals surface area contributed by atoms with E-state index in [1.54, 1.807) is 0 Å². The van der Waals surface area contributed by atoms with Crippen molar-refractivity contribution >= 4 is 5.91 Å². The zero-order valence-corrected chi connectivity index (χ0v) is 20.1. The van der Waals surface area contributed by atoms with Gasteiger partial charge in [0.2, 0.25) is 0 Å². The Kier molecular flexibility index (Phi) is 10.6. The molecule has 0 saturated carbocycles. The fourth-order valence-electron chi connectivity index (χ4n) is 3.84. The van der Waals surface area contributed by atoms with Gasteiger partial charge in [0.1, 0.15) is 5.75 Å². The van der Waals surface area contributed by atoms with E-state index < -0.39 is 0 Å². The predicted octanol–water partition coefficient (Wildman–Crippen LogP) is 5.80. The zero-order valence-electron chi connectivity index (χ0n) is 20.1. The van der Waals surface area contributed by atoms with Gasteiger partial charge in [-0.2, -0.15) is 0 Å². The van der Waals surface area contributed by atoms with Crippen LogP contribution < -0.4 is 4.74 Å². The van der Waals surface area contributed by atoms with Gasteiger partial charge in [-0.1, -0.05) is 45.0 Å². The molecular weight excluding hydrogens is 384 g/mol. The summed E-state index contributed by atoms with van der Waals surface area (Å²) in [5.41, 5.74) is 3.14. The van der Waals surface area contributed by atoms with Gasteiger partial charge in [0.25, 0.3) is 5.91 Å². The highest BCUT2D eigenvalue weighted by molar-refractivity contribution is 5.94. The van der Waals surface area contributed by atoms with Crippen LogP contribution in [0, 0.1) is 0 Å². The predicted molar refractivity (Wildman–Crippen MR) is 130 cm³/mol. The molecular formula is C27H40N2O2. The van der Waals surface area contributed by atoms with Crippen LogP contribution in [0.2, 0.25) is 0 Å². The van der Waals surface area contributed by atoms with E-state index in [1.807, 2.05) is 36.1 Å². The van der Waals surface area contributed by atoms with Crippen molar-refractivity contribution in [3.8, 4) is 5.75 Å². The summed E-state index contributed by atoms with van der Waals surface area (Å²) in [7, 11) is 0. The molecule has 4 heteroatoms. The molecule has 0 N–H and O–H groups in total. The number of nitrogens with zero attached hydrogens (tertiary/aromatic N) is 2. The van der Waals surface area contributed by atoms with Crippen molar-refractivity contribution in [2.75, 3.05) is 26.2 Å². The molecule has 0 spiro atoms. The Balaban J connectivity index is 2.15. The lowest BCUT2D eigenvalue weighted by Gasteiger charge is -2.30. The van der Waals surface area contributed by atoms with E-state index in [2.05, 4.69) is 56.9 Å². The third kappa shape index (κ3) is 7.70. The number of benzene rings is 2. The topological polar surface area (TPSA) is 32.8 Å². The number of hydrogen-bond acceptors (Lipinski definition) is 3. The minimum atomic E-state index is 0.104. The first-order valence-corrected chi connectivity index (χ1v) is 11.9. The van der Waals surface area contributed by atoms with Gasteiger partial charge in [0.15, 0.2) is 0 Å². The minimum Gasteiger partial charge on any atom is -0.494 e. The van der Waals surface area contributed by atoms with Crippen LogP contribution in [0.1, 0.15) is 68.9 Å². The molecule has 0 aliphatic rings. The van der Waals surface area contributed by atoms with Gasteiger partial charge in [-0.25, -0.2) is 0 Å². The molecule has 0 radical (unpaired) electrons. The number of carbonyl (C=O) groups is 1. The molecule has 0 aliphatic heterocycles. The van der Waals surface area contributed by atoms with E-state index in [9.17, 15) is 4.79 Å². The summed E-state index contributed by atoms with van der Waals surface area (Å²) in [6, 6.07) is 16.3. The maximum Gasteiger partial charge on any atom is 0.254 e. The highest BCUT2D eigenvalue weighted by Gasteiger charge is 2.22. The lowest BCUT2D eigenvalue weighted by atomic mass is 10.0. The van der Waals surface area contributed by atoms with Crippen molar-refractivity contribution in [3.63, 3.8) is 0 Å². The van der Waals surface area contributed by atoms with Gasteiger partial charge in [0, 0.05) is 18.2 Å². The number of ether oxygens (including phenoxy) is 1. The van der Waals surface area contributed by atoms with Gasteiger partial charge in [-0.05, 0) is 88.1 Å². The lowest BCUT2D eigenvalue weighted by Crippen LogP contribution is -2.38. The highest BCUT2D eigenvalue weighted by atomic mass is 16.5. The van der Waals surface area contributed by atoms with Crippen molar-refractivity contribution in [3.05, 3.63) is 65.2 Å². The monoisotopic (exact) mass is 424 g/mol. The standard InChI is InChI=1S/C27H40N2O2/c1-6-23-12-16-25(17-13-23)27(30)29(22(5)11-10-20-28(7-2)8-3)21-24-14-18-26(19-15-24)31-9-4/h12-19,22H,6-11,20-21H2,1-5H3/t22-/m0/s1. The molecule has 1 amide bonds. The summed E-state index contributed by atoms with van der Waals surface area (Å²) in [6.45, 7) is 15.2. The minimum absolute atomic E-state index is 0.104. The van der Waals surface area contributed by atoms with Crippen LogP contribution in [0.25, 0.3) is 0 Å². The molecule has 0 fully saturated rings. The van der Waals surface area contributed by atoms with Gasteiger partial charge >= 0.3 is 0 Å². The van der Waals surface area contributed by atoms with Crippen LogP contribution in [0.5, 0.6) is 5.75 Å². The number of amides is 1. The van der Waals surface area contributed by atoms with Crippen molar-refractivity contribution in [2.24, 2.45) is 0 Å². The van der Waals surface area contributed by atoms with Crippen LogP contribution in [0.3, 0.4) is 0 Å². The second-order valence-electron chi connectivity index (χ2n) is 8.08. The van der Waals surface area contributed by atoms with Gasteiger partial charge in [0.05, 0.1) is 6.61 Å². The molecule has 31 heavy (non-hydrogen) atoms. The first-order valence-electron chi connectivity index (χ1n) is 11.9. The molecule has 0 saturated heterocycles. The molecule has 4 nitrogen and oxygen atoms in total.